The molecule has 0 spiro atoms. The van der Waals surface area contributed by atoms with E-state index in [1.807, 2.05) is 0 Å². The van der Waals surface area contributed by atoms with Gasteiger partial charge in [0.15, 0.2) is 0 Å². The van der Waals surface area contributed by atoms with Gasteiger partial charge < -0.3 is 0 Å². The van der Waals surface area contributed by atoms with E-state index >= 15 is 0 Å². The first-order chi connectivity index (χ1) is 4.30. The maximum absolute atomic E-state index is 10.6. The molecule has 1 aliphatic rings. The molecule has 2 nitrogen and oxygen atoms in total. The van der Waals surface area contributed by atoms with Gasteiger partial charge in [-0.15, -0.1) is 0 Å². The maximum Gasteiger partial charge on any atom is 0.221 e. The summed E-state index contributed by atoms with van der Waals surface area (Å²) in [6.45, 7) is 0. The van der Waals surface area contributed by atoms with Crippen LogP contribution in [0.4, 0.5) is 0 Å². The SMILES string of the molecule is O=C1C=CC=CCC1=O.[111In]. The predicted octanol–water partition coefficient (Wildman–Crippen LogP) is 0.260. The first-order valence-electron chi connectivity index (χ1n) is 2.71. The van der Waals surface area contributed by atoms with E-state index in [2.05, 4.69) is 0 Å². The van der Waals surface area contributed by atoms with Crippen molar-refractivity contribution in [3.63, 3.8) is 0 Å². The third-order valence-electron chi connectivity index (χ3n) is 1.07. The maximum atomic E-state index is 10.6. The van der Waals surface area contributed by atoms with Gasteiger partial charge in [-0.05, 0) is 6.08 Å². The van der Waals surface area contributed by atoms with Gasteiger partial charge in [-0.25, -0.2) is 0 Å². The number of hydrogen-bond acceptors (Lipinski definition) is 2. The van der Waals surface area contributed by atoms with Gasteiger partial charge in [-0.2, -0.15) is 0 Å². The van der Waals surface area contributed by atoms with Crippen molar-refractivity contribution < 1.29 is 9.59 Å². The van der Waals surface area contributed by atoms with Gasteiger partial charge in [-0.1, -0.05) is 18.2 Å². The normalized spacial score (nSPS) is 16.4. The Morgan fingerprint density at radius 2 is 1.90 bits per heavy atom. The van der Waals surface area contributed by atoms with Crippen molar-refractivity contribution in [1.82, 2.24) is 0 Å². The van der Waals surface area contributed by atoms with Crippen LogP contribution in [-0.4, -0.2) is 37.4 Å². The number of rotatable bonds is 0. The van der Waals surface area contributed by atoms with Crippen LogP contribution in [0.1, 0.15) is 6.42 Å². The van der Waals surface area contributed by atoms with E-state index in [-0.39, 0.29) is 38.0 Å². The second kappa shape index (κ2) is 4.50. The standard InChI is InChI=1S/C7H6O2.In/c8-6-4-2-1-3-5-7(6)9;/h1-4H,5H2;/i;1-4. The number of ketones is 2. The van der Waals surface area contributed by atoms with Crippen LogP contribution < -0.4 is 0 Å². The molecule has 0 aromatic carbocycles. The van der Waals surface area contributed by atoms with Crippen LogP contribution in [0.25, 0.3) is 0 Å². The fraction of sp³-hybridized carbons (Fsp3) is 0.143. The van der Waals surface area contributed by atoms with Gasteiger partial charge in [0.05, 0.1) is 0 Å². The number of allylic oxidation sites excluding steroid dienone is 4. The van der Waals surface area contributed by atoms with Gasteiger partial charge in [0.1, 0.15) is 0 Å². The second-order valence-electron chi connectivity index (χ2n) is 1.78. The molecule has 1 aliphatic carbocycles. The van der Waals surface area contributed by atoms with Gasteiger partial charge in [0, 0.05) is 32.3 Å². The molecule has 0 aliphatic heterocycles. The van der Waals surface area contributed by atoms with Crippen molar-refractivity contribution in [1.29, 1.82) is 0 Å². The third kappa shape index (κ3) is 2.52. The number of carbonyl (C=O) groups is 2. The van der Waals surface area contributed by atoms with Crippen molar-refractivity contribution in [2.24, 2.45) is 0 Å². The van der Waals surface area contributed by atoms with Crippen LogP contribution in [0.2, 0.25) is 0 Å². The minimum absolute atomic E-state index is 0. The molecule has 49 valence electrons. The van der Waals surface area contributed by atoms with Crippen molar-refractivity contribution in [3.8, 4) is 0 Å². The van der Waals surface area contributed by atoms with Gasteiger partial charge in [0.2, 0.25) is 11.6 Å². The average molecular weight is 233 g/mol. The summed E-state index contributed by atoms with van der Waals surface area (Å²) < 4.78 is 0. The van der Waals surface area contributed by atoms with Crippen molar-refractivity contribution in [2.75, 3.05) is 0 Å². The Morgan fingerprint density at radius 3 is 2.60 bits per heavy atom. The Morgan fingerprint density at radius 1 is 1.20 bits per heavy atom. The monoisotopic (exact) mass is 233 g/mol. The van der Waals surface area contributed by atoms with Crippen LogP contribution in [0.5, 0.6) is 0 Å². The fourth-order valence-electron chi connectivity index (χ4n) is 0.590. The molecule has 0 fully saturated rings. The number of hydrogen-bond donors (Lipinski definition) is 0. The smallest absolute Gasteiger partial charge is 0.221 e. The predicted molar refractivity (Wildman–Crippen MR) is 38.7 cm³/mol. The molecular formula is C7H6InO2. The molecule has 0 N–H and O–H groups in total. The molecule has 0 saturated carbocycles. The zero-order valence-electron chi connectivity index (χ0n) is 5.41. The molecule has 3 radical (unpaired) electrons. The molecule has 0 heterocycles. The minimum Gasteiger partial charge on any atom is -0.290 e. The van der Waals surface area contributed by atoms with Gasteiger partial charge in [0.25, 0.3) is 0 Å². The molecule has 0 amide bonds. The van der Waals surface area contributed by atoms with Gasteiger partial charge >= 0.3 is 0 Å². The third-order valence-corrected chi connectivity index (χ3v) is 1.07. The van der Waals surface area contributed by atoms with E-state index < -0.39 is 5.78 Å². The molecule has 10 heavy (non-hydrogen) atoms. The Bertz CT molecular complexity index is 204. The van der Waals surface area contributed by atoms with E-state index in [1.165, 1.54) is 6.08 Å². The van der Waals surface area contributed by atoms with Crippen molar-refractivity contribution in [3.05, 3.63) is 24.3 Å². The zero-order chi connectivity index (χ0) is 6.69. The van der Waals surface area contributed by atoms with Crippen LogP contribution in [0, 0.1) is 0 Å². The topological polar surface area (TPSA) is 34.1 Å². The molecular weight excluding hydrogens is 227 g/mol. The largest absolute Gasteiger partial charge is 0.290 e. The first kappa shape index (κ1) is 9.69. The van der Waals surface area contributed by atoms with E-state index in [1.54, 1.807) is 18.2 Å². The summed E-state index contributed by atoms with van der Waals surface area (Å²) in [4.78, 5) is 21.1. The van der Waals surface area contributed by atoms with E-state index in [9.17, 15) is 9.59 Å². The second-order valence-corrected chi connectivity index (χ2v) is 1.78. The number of Topliss-reactive ketones (excluding diaryl/α,β-unsaturated/α-hetero) is 1. The Hall–Kier alpha value is -0.310. The Kier molecular flexibility index (Phi) is 4.36. The number of carbonyl (C=O) groups excluding carboxylic acids is 2. The van der Waals surface area contributed by atoms with E-state index in [4.69, 9.17) is 0 Å². The van der Waals surface area contributed by atoms with Crippen molar-refractivity contribution >= 4 is 37.4 Å². The summed E-state index contributed by atoms with van der Waals surface area (Å²) in [5.74, 6) is -0.736. The Balaban J connectivity index is 0.000000810. The van der Waals surface area contributed by atoms with Crippen LogP contribution in [-0.2, 0) is 9.59 Å². The van der Waals surface area contributed by atoms with Crippen LogP contribution >= 0.6 is 0 Å². The molecule has 0 bridgehead atoms. The molecule has 0 aromatic heterocycles. The van der Waals surface area contributed by atoms with Crippen molar-refractivity contribution in [2.45, 2.75) is 6.42 Å². The van der Waals surface area contributed by atoms with E-state index in [0.29, 0.717) is 0 Å². The summed E-state index contributed by atoms with van der Waals surface area (Å²) in [5, 5.41) is 0. The van der Waals surface area contributed by atoms with Crippen LogP contribution in [0.15, 0.2) is 24.3 Å². The van der Waals surface area contributed by atoms with Gasteiger partial charge in [-0.3, -0.25) is 9.59 Å². The zero-order valence-corrected chi connectivity index (χ0v) is 8.71. The summed E-state index contributed by atoms with van der Waals surface area (Å²) in [5.41, 5.74) is 0. The van der Waals surface area contributed by atoms with E-state index in [0.717, 1.165) is 0 Å². The fourth-order valence-corrected chi connectivity index (χ4v) is 0.590. The molecule has 0 aromatic rings. The van der Waals surface area contributed by atoms with Crippen LogP contribution in [0.3, 0.4) is 0 Å². The average Bonchev–Trinajstić information content (AvgIpc) is 1.99. The molecule has 1 rings (SSSR count). The summed E-state index contributed by atoms with van der Waals surface area (Å²) in [6, 6.07) is 0. The first-order valence-corrected chi connectivity index (χ1v) is 2.71. The molecule has 0 unspecified atom stereocenters. The minimum atomic E-state index is -0.403. The summed E-state index contributed by atoms with van der Waals surface area (Å²) in [7, 11) is 0. The molecule has 0 atom stereocenters. The summed E-state index contributed by atoms with van der Waals surface area (Å²) in [6.07, 6.45) is 6.47. The molecule has 3 heteroatoms. The quantitative estimate of drug-likeness (QED) is 0.562. The Labute approximate surface area is 77.8 Å². The summed E-state index contributed by atoms with van der Waals surface area (Å²) >= 11 is 0. The molecule has 0 saturated heterocycles.